The minimum absolute atomic E-state index is 0.509. The summed E-state index contributed by atoms with van der Waals surface area (Å²) in [7, 11) is 0. The zero-order chi connectivity index (χ0) is 25.3. The second-order valence-electron chi connectivity index (χ2n) is 14.6. The standard InChI is InChI=1S/C33H62N2/c1-9-13-30-26(6)31(16-15-23(3)20-28(30)10-2)34-18-19-35(27(34)7)32-25(5)21-24(4)29-14-11-12-17-33(32,8)22-29/h23-32H,9-22H2,1-8H3/t23-,24+,25+,26-,27?,28?,29?,30?,31?,32-,33+/m0/s1. The number of hydrogen-bond donors (Lipinski definition) is 0. The summed E-state index contributed by atoms with van der Waals surface area (Å²) < 4.78 is 0. The van der Waals surface area contributed by atoms with Gasteiger partial charge in [-0.25, -0.2) is 0 Å². The smallest absolute Gasteiger partial charge is 0.0599 e. The van der Waals surface area contributed by atoms with Crippen molar-refractivity contribution < 1.29 is 0 Å². The normalized spacial score (nSPS) is 48.7. The van der Waals surface area contributed by atoms with Crippen molar-refractivity contribution in [2.24, 2.45) is 46.8 Å². The average molecular weight is 487 g/mol. The Balaban J connectivity index is 1.58. The molecule has 2 bridgehead atoms. The van der Waals surface area contributed by atoms with E-state index in [4.69, 9.17) is 0 Å². The summed E-state index contributed by atoms with van der Waals surface area (Å²) in [6.45, 7) is 23.2. The van der Waals surface area contributed by atoms with Crippen LogP contribution in [0, 0.1) is 46.8 Å². The van der Waals surface area contributed by atoms with Crippen molar-refractivity contribution in [2.75, 3.05) is 13.1 Å². The average Bonchev–Trinajstić information content (AvgIpc) is 3.00. The fraction of sp³-hybridized carbons (Fsp3) is 1.00. The summed E-state index contributed by atoms with van der Waals surface area (Å²) in [6.07, 6.45) is 17.9. The predicted molar refractivity (Wildman–Crippen MR) is 152 cm³/mol. The molecule has 4 rings (SSSR count). The minimum Gasteiger partial charge on any atom is -0.284 e. The Morgan fingerprint density at radius 3 is 2.29 bits per heavy atom. The molecule has 1 saturated heterocycles. The van der Waals surface area contributed by atoms with Gasteiger partial charge in [0.05, 0.1) is 6.17 Å². The maximum absolute atomic E-state index is 3.05. The fourth-order valence-corrected chi connectivity index (χ4v) is 10.4. The van der Waals surface area contributed by atoms with Gasteiger partial charge in [0, 0.05) is 25.2 Å². The first-order valence-corrected chi connectivity index (χ1v) is 16.2. The Bertz CT molecular complexity index is 661. The minimum atomic E-state index is 0.509. The first kappa shape index (κ1) is 27.9. The summed E-state index contributed by atoms with van der Waals surface area (Å²) in [5.41, 5.74) is 0.509. The Kier molecular flexibility index (Phi) is 9.38. The van der Waals surface area contributed by atoms with E-state index in [1.165, 1.54) is 90.1 Å². The highest BCUT2D eigenvalue weighted by Gasteiger charge is 2.51. The first-order valence-electron chi connectivity index (χ1n) is 16.2. The van der Waals surface area contributed by atoms with E-state index in [2.05, 4.69) is 65.2 Å². The second-order valence-corrected chi connectivity index (χ2v) is 14.6. The van der Waals surface area contributed by atoms with Crippen LogP contribution in [0.2, 0.25) is 0 Å². The first-order chi connectivity index (χ1) is 16.7. The van der Waals surface area contributed by atoms with Crippen LogP contribution in [-0.4, -0.2) is 41.1 Å². The van der Waals surface area contributed by atoms with Crippen LogP contribution in [0.3, 0.4) is 0 Å². The molecule has 0 aromatic rings. The van der Waals surface area contributed by atoms with Crippen molar-refractivity contribution >= 4 is 0 Å². The van der Waals surface area contributed by atoms with E-state index in [1.54, 1.807) is 0 Å². The maximum atomic E-state index is 3.05. The molecule has 1 heterocycles. The van der Waals surface area contributed by atoms with E-state index in [1.807, 2.05) is 0 Å². The zero-order valence-electron chi connectivity index (χ0n) is 25.1. The zero-order valence-corrected chi connectivity index (χ0v) is 25.1. The van der Waals surface area contributed by atoms with E-state index < -0.39 is 0 Å². The molecule has 2 heteroatoms. The molecule has 0 N–H and O–H groups in total. The van der Waals surface area contributed by atoms with Crippen molar-refractivity contribution in [1.82, 2.24) is 9.80 Å². The number of nitrogens with zero attached hydrogens (tertiary/aromatic N) is 2. The van der Waals surface area contributed by atoms with Gasteiger partial charge >= 0.3 is 0 Å². The second kappa shape index (κ2) is 11.8. The fourth-order valence-electron chi connectivity index (χ4n) is 10.4. The van der Waals surface area contributed by atoms with Crippen molar-refractivity contribution in [3.8, 4) is 0 Å². The Hall–Kier alpha value is -0.0800. The quantitative estimate of drug-likeness (QED) is 0.383. The van der Waals surface area contributed by atoms with Crippen molar-refractivity contribution in [2.45, 2.75) is 151 Å². The van der Waals surface area contributed by atoms with Gasteiger partial charge in [-0.3, -0.25) is 9.80 Å². The molecule has 35 heavy (non-hydrogen) atoms. The number of hydrogen-bond acceptors (Lipinski definition) is 2. The highest BCUT2D eigenvalue weighted by Crippen LogP contribution is 2.52. The summed E-state index contributed by atoms with van der Waals surface area (Å²) >= 11 is 0. The lowest BCUT2D eigenvalue weighted by atomic mass is 9.68. The van der Waals surface area contributed by atoms with E-state index in [9.17, 15) is 0 Å². The van der Waals surface area contributed by atoms with Crippen LogP contribution in [0.15, 0.2) is 0 Å². The molecule has 4 aliphatic rings. The van der Waals surface area contributed by atoms with E-state index in [-0.39, 0.29) is 0 Å². The van der Waals surface area contributed by atoms with Gasteiger partial charge in [-0.15, -0.1) is 0 Å². The molecular formula is C33H62N2. The van der Waals surface area contributed by atoms with Crippen molar-refractivity contribution in [3.63, 3.8) is 0 Å². The van der Waals surface area contributed by atoms with E-state index >= 15 is 0 Å². The summed E-state index contributed by atoms with van der Waals surface area (Å²) in [5.74, 6) is 6.28. The lowest BCUT2D eigenvalue weighted by Gasteiger charge is -2.49. The monoisotopic (exact) mass is 486 g/mol. The Labute approximate surface area is 220 Å². The number of rotatable bonds is 5. The Morgan fingerprint density at radius 1 is 0.829 bits per heavy atom. The molecule has 5 unspecified atom stereocenters. The molecule has 0 aromatic carbocycles. The highest BCUT2D eigenvalue weighted by atomic mass is 15.4. The molecule has 0 spiro atoms. The molecule has 0 radical (unpaired) electrons. The predicted octanol–water partition coefficient (Wildman–Crippen LogP) is 8.85. The molecule has 4 fully saturated rings. The summed E-state index contributed by atoms with van der Waals surface area (Å²) in [6, 6.07) is 1.55. The van der Waals surface area contributed by atoms with Crippen LogP contribution in [-0.2, 0) is 0 Å². The van der Waals surface area contributed by atoms with Crippen LogP contribution >= 0.6 is 0 Å². The molecule has 2 nitrogen and oxygen atoms in total. The summed E-state index contributed by atoms with van der Waals surface area (Å²) in [4.78, 5) is 6.07. The van der Waals surface area contributed by atoms with Crippen LogP contribution in [0.5, 0.6) is 0 Å². The highest BCUT2D eigenvalue weighted by molar-refractivity contribution is 5.03. The van der Waals surface area contributed by atoms with Crippen LogP contribution < -0.4 is 0 Å². The third kappa shape index (κ3) is 5.69. The molecule has 11 atom stereocenters. The van der Waals surface area contributed by atoms with Crippen molar-refractivity contribution in [3.05, 3.63) is 0 Å². The van der Waals surface area contributed by atoms with Gasteiger partial charge in [-0.2, -0.15) is 0 Å². The van der Waals surface area contributed by atoms with Crippen molar-refractivity contribution in [1.29, 1.82) is 0 Å². The third-order valence-corrected chi connectivity index (χ3v) is 12.2. The molecule has 3 saturated carbocycles. The van der Waals surface area contributed by atoms with Gasteiger partial charge in [-0.1, -0.05) is 87.0 Å². The van der Waals surface area contributed by atoms with Gasteiger partial charge in [0.25, 0.3) is 0 Å². The van der Waals surface area contributed by atoms with Gasteiger partial charge in [0.15, 0.2) is 0 Å². The Morgan fingerprint density at radius 2 is 1.57 bits per heavy atom. The lowest BCUT2D eigenvalue weighted by molar-refractivity contribution is -0.0252. The van der Waals surface area contributed by atoms with E-state index in [0.29, 0.717) is 11.6 Å². The molecule has 0 amide bonds. The number of fused-ring (bicyclic) bond motifs is 2. The van der Waals surface area contributed by atoms with E-state index in [0.717, 1.165) is 53.5 Å². The SMILES string of the molecule is CCCC1C(CC)C[C@@H](C)CCC(N2CCN([C@H]3[C@H](C)C[C@@H](C)C4CCCC[C@]3(C)C4)C2C)[C@H]1C. The molecule has 204 valence electrons. The third-order valence-electron chi connectivity index (χ3n) is 12.2. The topological polar surface area (TPSA) is 6.48 Å². The van der Waals surface area contributed by atoms with Gasteiger partial charge in [0.2, 0.25) is 0 Å². The maximum Gasteiger partial charge on any atom is 0.0599 e. The van der Waals surface area contributed by atoms with Crippen LogP contribution in [0.4, 0.5) is 0 Å². The van der Waals surface area contributed by atoms with Crippen LogP contribution in [0.1, 0.15) is 132 Å². The largest absolute Gasteiger partial charge is 0.284 e. The molecule has 0 aromatic heterocycles. The van der Waals surface area contributed by atoms with Gasteiger partial charge in [-0.05, 0) is 92.3 Å². The molecule has 1 aliphatic heterocycles. The van der Waals surface area contributed by atoms with Gasteiger partial charge < -0.3 is 0 Å². The molecular weight excluding hydrogens is 424 g/mol. The molecule has 3 aliphatic carbocycles. The summed E-state index contributed by atoms with van der Waals surface area (Å²) in [5, 5.41) is 0. The van der Waals surface area contributed by atoms with Crippen LogP contribution in [0.25, 0.3) is 0 Å². The lowest BCUT2D eigenvalue weighted by Crippen LogP contribution is -2.55. The van der Waals surface area contributed by atoms with Gasteiger partial charge in [0.1, 0.15) is 0 Å².